The fraction of sp³-hybridized carbons (Fsp3) is 0.583. The van der Waals surface area contributed by atoms with Gasteiger partial charge >= 0.3 is 0 Å². The zero-order valence-corrected chi connectivity index (χ0v) is 16.9. The number of primary amides is 1. The number of hydrogen-bond acceptors (Lipinski definition) is 3. The first-order chi connectivity index (χ1) is 13.2. The van der Waals surface area contributed by atoms with Gasteiger partial charge in [0.2, 0.25) is 5.91 Å². The molecule has 4 fully saturated rings. The lowest BCUT2D eigenvalue weighted by molar-refractivity contribution is -0.138. The van der Waals surface area contributed by atoms with E-state index in [4.69, 9.17) is 5.73 Å². The van der Waals surface area contributed by atoms with Gasteiger partial charge in [-0.1, -0.05) is 6.07 Å². The van der Waals surface area contributed by atoms with Crippen LogP contribution in [-0.2, 0) is 11.2 Å². The Balaban J connectivity index is 1.53. The van der Waals surface area contributed by atoms with Crippen LogP contribution < -0.4 is 11.1 Å². The van der Waals surface area contributed by atoms with Crippen molar-refractivity contribution in [2.75, 3.05) is 0 Å². The SMILES string of the molecule is CC1(C)Cc2ccc(C(N)=O)cc2/C(=C/C(=O)C23CC4CC(CC(C4)C2)C3)N1. The number of allylic oxidation sites excluding steroid dienone is 1. The van der Waals surface area contributed by atoms with Gasteiger partial charge in [0.1, 0.15) is 0 Å². The lowest BCUT2D eigenvalue weighted by Crippen LogP contribution is -2.50. The molecule has 0 saturated heterocycles. The molecule has 1 amide bonds. The third-order valence-electron chi connectivity index (χ3n) is 7.63. The van der Waals surface area contributed by atoms with E-state index in [0.29, 0.717) is 11.3 Å². The largest absolute Gasteiger partial charge is 0.379 e. The highest BCUT2D eigenvalue weighted by atomic mass is 16.1. The van der Waals surface area contributed by atoms with E-state index in [1.807, 2.05) is 18.2 Å². The predicted octanol–water partition coefficient (Wildman–Crippen LogP) is 3.84. The zero-order valence-electron chi connectivity index (χ0n) is 16.9. The first-order valence-electron chi connectivity index (χ1n) is 10.7. The van der Waals surface area contributed by atoms with E-state index in [9.17, 15) is 9.59 Å². The summed E-state index contributed by atoms with van der Waals surface area (Å²) in [5.41, 5.74) is 8.70. The molecule has 1 aromatic carbocycles. The van der Waals surface area contributed by atoms with E-state index in [2.05, 4.69) is 19.2 Å². The molecule has 4 saturated carbocycles. The molecule has 4 aliphatic carbocycles. The van der Waals surface area contributed by atoms with E-state index in [1.165, 1.54) is 24.8 Å². The van der Waals surface area contributed by atoms with Crippen LogP contribution >= 0.6 is 0 Å². The monoisotopic (exact) mass is 378 g/mol. The Morgan fingerprint density at radius 3 is 2.25 bits per heavy atom. The second-order valence-corrected chi connectivity index (χ2v) is 10.5. The third-order valence-corrected chi connectivity index (χ3v) is 7.63. The summed E-state index contributed by atoms with van der Waals surface area (Å²) < 4.78 is 0. The number of fused-ring (bicyclic) bond motifs is 1. The van der Waals surface area contributed by atoms with Crippen LogP contribution in [0, 0.1) is 23.2 Å². The Labute approximate surface area is 167 Å². The highest BCUT2D eigenvalue weighted by molar-refractivity contribution is 6.02. The second-order valence-electron chi connectivity index (χ2n) is 10.5. The first kappa shape index (κ1) is 18.0. The molecule has 1 heterocycles. The summed E-state index contributed by atoms with van der Waals surface area (Å²) in [5, 5.41) is 3.57. The Morgan fingerprint density at radius 2 is 1.68 bits per heavy atom. The van der Waals surface area contributed by atoms with Crippen LogP contribution in [0.4, 0.5) is 0 Å². The normalized spacial score (nSPS) is 36.1. The lowest BCUT2D eigenvalue weighted by Gasteiger charge is -2.55. The van der Waals surface area contributed by atoms with Crippen LogP contribution in [0.5, 0.6) is 0 Å². The molecule has 3 N–H and O–H groups in total. The number of ketones is 1. The van der Waals surface area contributed by atoms with Crippen LogP contribution in [0.3, 0.4) is 0 Å². The first-order valence-corrected chi connectivity index (χ1v) is 10.7. The van der Waals surface area contributed by atoms with Crippen molar-refractivity contribution in [1.82, 2.24) is 5.32 Å². The quantitative estimate of drug-likeness (QED) is 0.785. The molecule has 1 aromatic rings. The van der Waals surface area contributed by atoms with Crippen molar-refractivity contribution < 1.29 is 9.59 Å². The minimum atomic E-state index is -0.431. The molecule has 4 heteroatoms. The van der Waals surface area contributed by atoms with E-state index >= 15 is 0 Å². The number of carbonyl (C=O) groups excluding carboxylic acids is 2. The van der Waals surface area contributed by atoms with Gasteiger partial charge in [-0.05, 0) is 94.2 Å². The molecule has 1 aliphatic heterocycles. The molecule has 0 unspecified atom stereocenters. The van der Waals surface area contributed by atoms with Crippen molar-refractivity contribution >= 4 is 17.4 Å². The Bertz CT molecular complexity index is 861. The van der Waals surface area contributed by atoms with Crippen molar-refractivity contribution in [3.8, 4) is 0 Å². The number of amides is 1. The maximum atomic E-state index is 13.6. The van der Waals surface area contributed by atoms with Gasteiger partial charge in [0.25, 0.3) is 0 Å². The molecule has 4 bridgehead atoms. The number of benzene rings is 1. The van der Waals surface area contributed by atoms with Gasteiger partial charge in [0, 0.05) is 33.9 Å². The standard InChI is InChI=1S/C24H30N2O2/c1-23(2)13-18-4-3-17(22(25)28)8-19(18)20(26-23)9-21(27)24-10-14-5-15(11-24)7-16(6-14)12-24/h3-4,8-9,14-16,26H,5-7,10-13H2,1-2H3,(H2,25,28)/b20-9-. The average Bonchev–Trinajstić information content (AvgIpc) is 2.59. The predicted molar refractivity (Wildman–Crippen MR) is 109 cm³/mol. The summed E-state index contributed by atoms with van der Waals surface area (Å²) in [6.45, 7) is 4.31. The molecule has 28 heavy (non-hydrogen) atoms. The van der Waals surface area contributed by atoms with Crippen molar-refractivity contribution in [2.24, 2.45) is 28.9 Å². The van der Waals surface area contributed by atoms with Gasteiger partial charge in [-0.25, -0.2) is 0 Å². The Kier molecular flexibility index (Phi) is 3.82. The summed E-state index contributed by atoms with van der Waals surface area (Å²) in [4.78, 5) is 25.3. The molecule has 6 rings (SSSR count). The average molecular weight is 379 g/mol. The maximum Gasteiger partial charge on any atom is 0.248 e. The van der Waals surface area contributed by atoms with Crippen LogP contribution in [0.25, 0.3) is 5.70 Å². The Morgan fingerprint density at radius 1 is 1.07 bits per heavy atom. The molecular formula is C24H30N2O2. The fourth-order valence-electron chi connectivity index (χ4n) is 6.90. The van der Waals surface area contributed by atoms with Gasteiger partial charge < -0.3 is 11.1 Å². The van der Waals surface area contributed by atoms with E-state index in [-0.39, 0.29) is 11.0 Å². The number of nitrogens with one attached hydrogen (secondary N) is 1. The number of carbonyl (C=O) groups is 2. The summed E-state index contributed by atoms with van der Waals surface area (Å²) >= 11 is 0. The molecule has 0 atom stereocenters. The third kappa shape index (κ3) is 2.89. The molecule has 0 aromatic heterocycles. The highest BCUT2D eigenvalue weighted by Crippen LogP contribution is 2.60. The van der Waals surface area contributed by atoms with Crippen molar-refractivity contribution in [3.63, 3.8) is 0 Å². The maximum absolute atomic E-state index is 13.6. The van der Waals surface area contributed by atoms with Crippen LogP contribution in [0.15, 0.2) is 24.3 Å². The summed E-state index contributed by atoms with van der Waals surface area (Å²) in [6, 6.07) is 5.63. The van der Waals surface area contributed by atoms with Gasteiger partial charge in [0.15, 0.2) is 5.78 Å². The van der Waals surface area contributed by atoms with Gasteiger partial charge in [-0.3, -0.25) is 9.59 Å². The molecule has 0 radical (unpaired) electrons. The lowest BCUT2D eigenvalue weighted by atomic mass is 9.48. The molecule has 0 spiro atoms. The molecule has 4 nitrogen and oxygen atoms in total. The minimum absolute atomic E-state index is 0.130. The Hall–Kier alpha value is -2.10. The minimum Gasteiger partial charge on any atom is -0.379 e. The molecule has 148 valence electrons. The van der Waals surface area contributed by atoms with Gasteiger partial charge in [-0.2, -0.15) is 0 Å². The van der Waals surface area contributed by atoms with E-state index in [1.54, 1.807) is 6.07 Å². The van der Waals surface area contributed by atoms with E-state index in [0.717, 1.165) is 54.7 Å². The molecular weight excluding hydrogens is 348 g/mol. The zero-order chi connectivity index (χ0) is 19.7. The highest BCUT2D eigenvalue weighted by Gasteiger charge is 2.54. The van der Waals surface area contributed by atoms with Crippen LogP contribution in [0.2, 0.25) is 0 Å². The molecule has 5 aliphatic rings. The smallest absolute Gasteiger partial charge is 0.248 e. The van der Waals surface area contributed by atoms with Crippen molar-refractivity contribution in [2.45, 2.75) is 64.3 Å². The number of nitrogens with two attached hydrogens (primary N) is 1. The summed E-state index contributed by atoms with van der Waals surface area (Å²) in [7, 11) is 0. The number of rotatable bonds is 3. The second kappa shape index (κ2) is 5.95. The van der Waals surface area contributed by atoms with Gasteiger partial charge in [0.05, 0.1) is 0 Å². The summed E-state index contributed by atoms with van der Waals surface area (Å²) in [5.74, 6) is 2.11. The topological polar surface area (TPSA) is 72.2 Å². The fourth-order valence-corrected chi connectivity index (χ4v) is 6.90. The summed E-state index contributed by atoms with van der Waals surface area (Å²) in [6.07, 6.45) is 9.91. The van der Waals surface area contributed by atoms with E-state index < -0.39 is 5.91 Å². The number of hydrogen-bond donors (Lipinski definition) is 2. The van der Waals surface area contributed by atoms with Crippen LogP contribution in [-0.4, -0.2) is 17.2 Å². The van der Waals surface area contributed by atoms with Gasteiger partial charge in [-0.15, -0.1) is 0 Å². The van der Waals surface area contributed by atoms with Crippen LogP contribution in [0.1, 0.15) is 73.9 Å². The van der Waals surface area contributed by atoms with Crippen molar-refractivity contribution in [1.29, 1.82) is 0 Å². The van der Waals surface area contributed by atoms with Crippen molar-refractivity contribution in [3.05, 3.63) is 41.0 Å².